The fourth-order valence-corrected chi connectivity index (χ4v) is 14.6. The highest BCUT2D eigenvalue weighted by molar-refractivity contribution is 7.80. The van der Waals surface area contributed by atoms with Crippen molar-refractivity contribution in [1.29, 1.82) is 0 Å². The molecule has 0 nitrogen and oxygen atoms in total. The van der Waals surface area contributed by atoms with Crippen LogP contribution in [0.5, 0.6) is 0 Å². The molecular weight excluding hydrogens is 319 g/mol. The van der Waals surface area contributed by atoms with Gasteiger partial charge in [0.05, 0.1) is 21.6 Å². The molecule has 25 heavy (non-hydrogen) atoms. The lowest BCUT2D eigenvalue weighted by molar-refractivity contribution is 0.558. The summed E-state index contributed by atoms with van der Waals surface area (Å²) < 4.78 is 0. The molecule has 0 saturated carbocycles. The van der Waals surface area contributed by atoms with E-state index >= 15 is 0 Å². The third kappa shape index (κ3) is 7.52. The van der Waals surface area contributed by atoms with Crippen LogP contribution in [-0.4, -0.2) is 21.6 Å². The Morgan fingerprint density at radius 1 is 0.440 bits per heavy atom. The van der Waals surface area contributed by atoms with Crippen LogP contribution in [0.15, 0.2) is 0 Å². The second-order valence-electron chi connectivity index (χ2n) is 11.2. The molecule has 0 fully saturated rings. The lowest BCUT2D eigenvalue weighted by Gasteiger charge is -2.54. The summed E-state index contributed by atoms with van der Waals surface area (Å²) in [6.45, 7) is 25.0. The summed E-state index contributed by atoms with van der Waals surface area (Å²) in [6, 6.07) is 0. The Labute approximate surface area is 162 Å². The number of unbranched alkanes of at least 4 members (excludes halogenated alkanes) is 9. The molecule has 0 N–H and O–H groups in total. The normalized spacial score (nSPS) is 14.2. The summed E-state index contributed by atoms with van der Waals surface area (Å²) in [5.74, 6) is 0. The van der Waals surface area contributed by atoms with Crippen molar-refractivity contribution in [3.63, 3.8) is 0 Å². The van der Waals surface area contributed by atoms with Crippen molar-refractivity contribution in [1.82, 2.24) is 0 Å². The van der Waals surface area contributed by atoms with Crippen molar-refractivity contribution in [2.24, 2.45) is 0 Å². The number of hydrogen-bond donors (Lipinski definition) is 0. The standard InChI is InChI=1S/C24H52P/c1-11-12-13-14-15-16-17-18-19-20-21-25(22(2,3)4,23(5,6)7)24(8,9)10/h11-21H2,1-10H3/q+1. The van der Waals surface area contributed by atoms with Gasteiger partial charge in [0.2, 0.25) is 0 Å². The maximum atomic E-state index is 2.52. The van der Waals surface area contributed by atoms with Gasteiger partial charge in [-0.1, -0.05) is 58.3 Å². The minimum atomic E-state index is -1.12. The maximum Gasteiger partial charge on any atom is 0.0725 e. The molecule has 0 rings (SSSR count). The lowest BCUT2D eigenvalue weighted by atomic mass is 10.1. The summed E-state index contributed by atoms with van der Waals surface area (Å²) in [4.78, 5) is 0. The molecule has 0 aliphatic carbocycles. The topological polar surface area (TPSA) is 0 Å². The first-order chi connectivity index (χ1) is 11.3. The highest BCUT2D eigenvalue weighted by Crippen LogP contribution is 2.83. The van der Waals surface area contributed by atoms with Gasteiger partial charge in [-0.3, -0.25) is 0 Å². The first kappa shape index (κ1) is 25.4. The quantitative estimate of drug-likeness (QED) is 0.251. The van der Waals surface area contributed by atoms with E-state index in [1.54, 1.807) is 0 Å². The van der Waals surface area contributed by atoms with Crippen LogP contribution in [0.3, 0.4) is 0 Å². The molecule has 0 atom stereocenters. The zero-order valence-corrected chi connectivity index (χ0v) is 20.6. The maximum absolute atomic E-state index is 2.52. The molecular formula is C24H52P+. The van der Waals surface area contributed by atoms with Crippen molar-refractivity contribution in [3.8, 4) is 0 Å². The average Bonchev–Trinajstić information content (AvgIpc) is 2.40. The first-order valence-electron chi connectivity index (χ1n) is 11.2. The molecule has 0 bridgehead atoms. The minimum Gasteiger partial charge on any atom is -0.0654 e. The minimum absolute atomic E-state index is 0.433. The fourth-order valence-electron chi connectivity index (χ4n) is 5.86. The third-order valence-electron chi connectivity index (χ3n) is 6.28. The molecule has 0 aliphatic heterocycles. The molecule has 152 valence electrons. The van der Waals surface area contributed by atoms with E-state index in [-0.39, 0.29) is 0 Å². The van der Waals surface area contributed by atoms with Crippen LogP contribution < -0.4 is 0 Å². The van der Waals surface area contributed by atoms with Crippen LogP contribution in [0.25, 0.3) is 0 Å². The molecule has 0 radical (unpaired) electrons. The average molecular weight is 372 g/mol. The number of hydrogen-bond acceptors (Lipinski definition) is 0. The zero-order chi connectivity index (χ0) is 19.8. The summed E-state index contributed by atoms with van der Waals surface area (Å²) in [7, 11) is -1.12. The van der Waals surface area contributed by atoms with Gasteiger partial charge in [0, 0.05) is 7.26 Å². The summed E-state index contributed by atoms with van der Waals surface area (Å²) in [5, 5.41) is 1.30. The summed E-state index contributed by atoms with van der Waals surface area (Å²) in [6.07, 6.45) is 15.9. The van der Waals surface area contributed by atoms with Crippen molar-refractivity contribution in [2.45, 2.75) is 149 Å². The molecule has 0 aromatic carbocycles. The third-order valence-corrected chi connectivity index (χ3v) is 14.1. The Kier molecular flexibility index (Phi) is 10.9. The first-order valence-corrected chi connectivity index (χ1v) is 13.2. The molecule has 0 heterocycles. The van der Waals surface area contributed by atoms with E-state index in [1.165, 1.54) is 70.4 Å². The Morgan fingerprint density at radius 3 is 1.00 bits per heavy atom. The molecule has 1 heteroatoms. The van der Waals surface area contributed by atoms with Crippen LogP contribution in [0, 0.1) is 0 Å². The fraction of sp³-hybridized carbons (Fsp3) is 1.00. The second-order valence-corrected chi connectivity index (χ2v) is 17.3. The molecule has 0 spiro atoms. The predicted octanol–water partition coefficient (Wildman–Crippen LogP) is 9.32. The van der Waals surface area contributed by atoms with Crippen molar-refractivity contribution >= 4 is 7.26 Å². The Hall–Kier alpha value is 0.430. The zero-order valence-electron chi connectivity index (χ0n) is 19.7. The van der Waals surface area contributed by atoms with E-state index in [0.29, 0.717) is 15.5 Å². The second kappa shape index (κ2) is 10.7. The smallest absolute Gasteiger partial charge is 0.0654 e. The van der Waals surface area contributed by atoms with Crippen LogP contribution in [0.2, 0.25) is 0 Å². The lowest BCUT2D eigenvalue weighted by Crippen LogP contribution is -2.45. The molecule has 0 amide bonds. The van der Waals surface area contributed by atoms with Gasteiger partial charge in [0.15, 0.2) is 0 Å². The van der Waals surface area contributed by atoms with E-state index in [2.05, 4.69) is 69.2 Å². The van der Waals surface area contributed by atoms with E-state index in [9.17, 15) is 0 Å². The van der Waals surface area contributed by atoms with E-state index in [1.807, 2.05) is 0 Å². The van der Waals surface area contributed by atoms with Gasteiger partial charge in [-0.25, -0.2) is 0 Å². The largest absolute Gasteiger partial charge is 0.0725 e. The van der Waals surface area contributed by atoms with Crippen LogP contribution in [-0.2, 0) is 0 Å². The van der Waals surface area contributed by atoms with Crippen LogP contribution in [0.1, 0.15) is 133 Å². The molecule has 0 unspecified atom stereocenters. The van der Waals surface area contributed by atoms with Gasteiger partial charge < -0.3 is 0 Å². The van der Waals surface area contributed by atoms with E-state index in [4.69, 9.17) is 0 Å². The van der Waals surface area contributed by atoms with Gasteiger partial charge in [-0.05, 0) is 75.2 Å². The Bertz CT molecular complexity index is 299. The van der Waals surface area contributed by atoms with Gasteiger partial charge >= 0.3 is 0 Å². The molecule has 0 aromatic rings. The van der Waals surface area contributed by atoms with Gasteiger partial charge in [0.25, 0.3) is 0 Å². The van der Waals surface area contributed by atoms with E-state index in [0.717, 1.165) is 0 Å². The van der Waals surface area contributed by atoms with Gasteiger partial charge in [0.1, 0.15) is 0 Å². The molecule has 0 aromatic heterocycles. The molecule has 0 aliphatic rings. The highest BCUT2D eigenvalue weighted by Gasteiger charge is 2.63. The van der Waals surface area contributed by atoms with Gasteiger partial charge in [-0.15, -0.1) is 0 Å². The predicted molar refractivity (Wildman–Crippen MR) is 123 cm³/mol. The van der Waals surface area contributed by atoms with Crippen molar-refractivity contribution in [3.05, 3.63) is 0 Å². The number of rotatable bonds is 11. The summed E-state index contributed by atoms with van der Waals surface area (Å²) in [5.41, 5.74) is 0. The van der Waals surface area contributed by atoms with E-state index < -0.39 is 7.26 Å². The summed E-state index contributed by atoms with van der Waals surface area (Å²) >= 11 is 0. The van der Waals surface area contributed by atoms with Crippen molar-refractivity contribution < 1.29 is 0 Å². The SMILES string of the molecule is CCCCCCCCCCCC[P+](C(C)(C)C)(C(C)(C)C)C(C)(C)C. The monoisotopic (exact) mass is 371 g/mol. The Balaban J connectivity index is 4.49. The van der Waals surface area contributed by atoms with Crippen LogP contribution >= 0.6 is 7.26 Å². The van der Waals surface area contributed by atoms with Crippen molar-refractivity contribution in [2.75, 3.05) is 6.16 Å². The van der Waals surface area contributed by atoms with Crippen LogP contribution in [0.4, 0.5) is 0 Å². The molecule has 0 saturated heterocycles. The highest BCUT2D eigenvalue weighted by atomic mass is 31.2. The van der Waals surface area contributed by atoms with Gasteiger partial charge in [-0.2, -0.15) is 0 Å². The Morgan fingerprint density at radius 2 is 0.720 bits per heavy atom.